The molecule has 0 spiro atoms. The summed E-state index contributed by atoms with van der Waals surface area (Å²) in [7, 11) is -3.91. The number of aromatic hydroxyl groups is 1. The first-order chi connectivity index (χ1) is 10.4. The lowest BCUT2D eigenvalue weighted by atomic mass is 10.1. The summed E-state index contributed by atoms with van der Waals surface area (Å²) >= 11 is 0. The molecule has 0 bridgehead atoms. The molecule has 0 aromatic heterocycles. The number of aliphatic carboxylic acids is 1. The zero-order valence-electron chi connectivity index (χ0n) is 11.5. The van der Waals surface area contributed by atoms with E-state index in [0.29, 0.717) is 5.56 Å². The molecule has 1 atom stereocenters. The molecule has 0 saturated carbocycles. The average Bonchev–Trinajstić information content (AvgIpc) is 2.49. The predicted octanol–water partition coefficient (Wildman–Crippen LogP) is 1.37. The molecule has 7 heteroatoms. The highest BCUT2D eigenvalue weighted by Gasteiger charge is 2.25. The van der Waals surface area contributed by atoms with Crippen LogP contribution in [0.2, 0.25) is 0 Å². The first-order valence-corrected chi connectivity index (χ1v) is 7.95. The molecule has 2 rings (SSSR count). The average molecular weight is 321 g/mol. The van der Waals surface area contributed by atoms with Gasteiger partial charge in [0.25, 0.3) is 0 Å². The van der Waals surface area contributed by atoms with Crippen molar-refractivity contribution < 1.29 is 23.4 Å². The number of sulfonamides is 1. The highest BCUT2D eigenvalue weighted by molar-refractivity contribution is 7.89. The maximum Gasteiger partial charge on any atom is 0.322 e. The van der Waals surface area contributed by atoms with Crippen LogP contribution in [0.15, 0.2) is 59.5 Å². The Kier molecular flexibility index (Phi) is 4.79. The normalized spacial score (nSPS) is 12.7. The first kappa shape index (κ1) is 16.0. The molecule has 2 aromatic rings. The SMILES string of the molecule is O=C(O)[C@H](Cc1ccc(O)cc1)NS(=O)(=O)c1ccccc1. The number of phenolic OH excluding ortho intramolecular Hbond substituents is 1. The summed E-state index contributed by atoms with van der Waals surface area (Å²) < 4.78 is 26.5. The lowest BCUT2D eigenvalue weighted by molar-refractivity contribution is -0.138. The van der Waals surface area contributed by atoms with Crippen molar-refractivity contribution in [2.24, 2.45) is 0 Å². The van der Waals surface area contributed by atoms with E-state index in [2.05, 4.69) is 4.72 Å². The van der Waals surface area contributed by atoms with E-state index in [-0.39, 0.29) is 17.1 Å². The summed E-state index contributed by atoms with van der Waals surface area (Å²) in [4.78, 5) is 11.3. The molecule has 0 aliphatic carbocycles. The van der Waals surface area contributed by atoms with Gasteiger partial charge in [-0.3, -0.25) is 4.79 Å². The Morgan fingerprint density at radius 3 is 2.18 bits per heavy atom. The fourth-order valence-corrected chi connectivity index (χ4v) is 3.11. The topological polar surface area (TPSA) is 104 Å². The van der Waals surface area contributed by atoms with E-state index >= 15 is 0 Å². The molecule has 0 saturated heterocycles. The fraction of sp³-hybridized carbons (Fsp3) is 0.133. The Morgan fingerprint density at radius 1 is 1.05 bits per heavy atom. The molecule has 22 heavy (non-hydrogen) atoms. The number of phenols is 1. The van der Waals surface area contributed by atoms with E-state index in [1.807, 2.05) is 0 Å². The van der Waals surface area contributed by atoms with Gasteiger partial charge >= 0.3 is 5.97 Å². The Hall–Kier alpha value is -2.38. The van der Waals surface area contributed by atoms with Crippen molar-refractivity contribution in [1.29, 1.82) is 0 Å². The summed E-state index contributed by atoms with van der Waals surface area (Å²) in [5, 5.41) is 18.4. The molecule has 0 aliphatic rings. The first-order valence-electron chi connectivity index (χ1n) is 6.46. The number of rotatable bonds is 6. The molecule has 0 unspecified atom stereocenters. The summed E-state index contributed by atoms with van der Waals surface area (Å²) in [5.41, 5.74) is 0.598. The van der Waals surface area contributed by atoms with Crippen molar-refractivity contribution in [3.63, 3.8) is 0 Å². The maximum atomic E-state index is 12.2. The van der Waals surface area contributed by atoms with Gasteiger partial charge in [0.15, 0.2) is 0 Å². The van der Waals surface area contributed by atoms with Crippen LogP contribution in [0.3, 0.4) is 0 Å². The van der Waals surface area contributed by atoms with E-state index in [1.165, 1.54) is 24.3 Å². The number of hydrogen-bond acceptors (Lipinski definition) is 4. The molecule has 0 aliphatic heterocycles. The fourth-order valence-electron chi connectivity index (χ4n) is 1.90. The second kappa shape index (κ2) is 6.59. The largest absolute Gasteiger partial charge is 0.508 e. The van der Waals surface area contributed by atoms with Crippen LogP contribution in [0, 0.1) is 0 Å². The van der Waals surface area contributed by atoms with Gasteiger partial charge < -0.3 is 10.2 Å². The van der Waals surface area contributed by atoms with Crippen LogP contribution in [0.5, 0.6) is 5.75 Å². The Labute approximate surface area is 128 Å². The number of benzene rings is 2. The summed E-state index contributed by atoms with van der Waals surface area (Å²) in [6.45, 7) is 0. The lowest BCUT2D eigenvalue weighted by Gasteiger charge is -2.15. The van der Waals surface area contributed by atoms with Gasteiger partial charge in [-0.1, -0.05) is 30.3 Å². The Balaban J connectivity index is 2.19. The van der Waals surface area contributed by atoms with Crippen LogP contribution < -0.4 is 4.72 Å². The number of carboxylic acids is 1. The number of carbonyl (C=O) groups is 1. The Morgan fingerprint density at radius 2 is 1.64 bits per heavy atom. The van der Waals surface area contributed by atoms with Gasteiger partial charge in [-0.25, -0.2) is 8.42 Å². The van der Waals surface area contributed by atoms with Gasteiger partial charge in [0.05, 0.1) is 4.90 Å². The van der Waals surface area contributed by atoms with E-state index in [0.717, 1.165) is 0 Å². The van der Waals surface area contributed by atoms with E-state index in [4.69, 9.17) is 0 Å². The van der Waals surface area contributed by atoms with Gasteiger partial charge in [-0.05, 0) is 36.2 Å². The van der Waals surface area contributed by atoms with Crippen LogP contribution in [0.25, 0.3) is 0 Å². The third-order valence-electron chi connectivity index (χ3n) is 3.03. The van der Waals surface area contributed by atoms with Gasteiger partial charge in [0.2, 0.25) is 10.0 Å². The van der Waals surface area contributed by atoms with Gasteiger partial charge in [0.1, 0.15) is 11.8 Å². The minimum atomic E-state index is -3.91. The molecule has 0 radical (unpaired) electrons. The lowest BCUT2D eigenvalue weighted by Crippen LogP contribution is -2.42. The minimum Gasteiger partial charge on any atom is -0.508 e. The number of hydrogen-bond donors (Lipinski definition) is 3. The third-order valence-corrected chi connectivity index (χ3v) is 4.51. The van der Waals surface area contributed by atoms with Crippen molar-refractivity contribution in [2.75, 3.05) is 0 Å². The molecular formula is C15H15NO5S. The van der Waals surface area contributed by atoms with E-state index in [1.54, 1.807) is 30.3 Å². The van der Waals surface area contributed by atoms with Crippen LogP contribution in [-0.2, 0) is 21.2 Å². The van der Waals surface area contributed by atoms with Crippen LogP contribution >= 0.6 is 0 Å². The molecule has 0 fully saturated rings. The van der Waals surface area contributed by atoms with Gasteiger partial charge in [0, 0.05) is 0 Å². The van der Waals surface area contributed by atoms with Gasteiger partial charge in [-0.2, -0.15) is 4.72 Å². The molecule has 3 N–H and O–H groups in total. The quantitative estimate of drug-likeness (QED) is 0.745. The molecule has 0 heterocycles. The van der Waals surface area contributed by atoms with Crippen LogP contribution in [0.1, 0.15) is 5.56 Å². The van der Waals surface area contributed by atoms with Gasteiger partial charge in [-0.15, -0.1) is 0 Å². The highest BCUT2D eigenvalue weighted by Crippen LogP contribution is 2.13. The summed E-state index contributed by atoms with van der Waals surface area (Å²) in [6.07, 6.45) is -0.0261. The molecule has 116 valence electrons. The van der Waals surface area contributed by atoms with Crippen LogP contribution in [0.4, 0.5) is 0 Å². The molecule has 2 aromatic carbocycles. The zero-order valence-corrected chi connectivity index (χ0v) is 12.3. The van der Waals surface area contributed by atoms with E-state index < -0.39 is 22.0 Å². The van der Waals surface area contributed by atoms with Crippen molar-refractivity contribution >= 4 is 16.0 Å². The van der Waals surface area contributed by atoms with Crippen molar-refractivity contribution in [2.45, 2.75) is 17.4 Å². The van der Waals surface area contributed by atoms with E-state index in [9.17, 15) is 23.4 Å². The Bertz CT molecular complexity index is 741. The van der Waals surface area contributed by atoms with Crippen molar-refractivity contribution in [3.05, 3.63) is 60.2 Å². The standard InChI is InChI=1S/C15H15NO5S/c17-12-8-6-11(7-9-12)10-14(15(18)19)16-22(20,21)13-4-2-1-3-5-13/h1-9,14,16-17H,10H2,(H,18,19)/t14-/m0/s1. The minimum absolute atomic E-state index is 0.00644. The second-order valence-electron chi connectivity index (χ2n) is 4.70. The smallest absolute Gasteiger partial charge is 0.322 e. The number of nitrogens with one attached hydrogen (secondary N) is 1. The van der Waals surface area contributed by atoms with Crippen molar-refractivity contribution in [1.82, 2.24) is 4.72 Å². The highest BCUT2D eigenvalue weighted by atomic mass is 32.2. The molecule has 6 nitrogen and oxygen atoms in total. The molecule has 0 amide bonds. The van der Waals surface area contributed by atoms with Crippen molar-refractivity contribution in [3.8, 4) is 5.75 Å². The maximum absolute atomic E-state index is 12.2. The monoisotopic (exact) mass is 321 g/mol. The molecular weight excluding hydrogens is 306 g/mol. The second-order valence-corrected chi connectivity index (χ2v) is 6.41. The predicted molar refractivity (Wildman–Crippen MR) is 80.0 cm³/mol. The summed E-state index contributed by atoms with van der Waals surface area (Å²) in [5.74, 6) is -1.21. The number of carboxylic acid groups (broad SMARTS) is 1. The third kappa shape index (κ3) is 4.06. The summed E-state index contributed by atoms with van der Waals surface area (Å²) in [6, 6.07) is 12.2. The zero-order chi connectivity index (χ0) is 16.2. The van der Waals surface area contributed by atoms with Crippen LogP contribution in [-0.4, -0.2) is 30.6 Å².